The Morgan fingerprint density at radius 1 is 1.57 bits per heavy atom. The molecule has 0 saturated heterocycles. The van der Waals surface area contributed by atoms with Crippen molar-refractivity contribution in [3.63, 3.8) is 0 Å². The van der Waals surface area contributed by atoms with Crippen molar-refractivity contribution in [2.24, 2.45) is 0 Å². The van der Waals surface area contributed by atoms with E-state index in [2.05, 4.69) is 26.3 Å². The normalized spacial score (nSPS) is 13.2. The molecular formula is C11H15BrF3N3O3. The van der Waals surface area contributed by atoms with Gasteiger partial charge in [-0.15, -0.1) is 0 Å². The number of aliphatic hydroxyl groups is 1. The predicted molar refractivity (Wildman–Crippen MR) is 73.2 cm³/mol. The Morgan fingerprint density at radius 3 is 2.76 bits per heavy atom. The summed E-state index contributed by atoms with van der Waals surface area (Å²) in [5.74, 6) is 0. The smallest absolute Gasteiger partial charge is 0.396 e. The van der Waals surface area contributed by atoms with E-state index in [0.717, 1.165) is 6.20 Å². The van der Waals surface area contributed by atoms with Gasteiger partial charge in [-0.05, 0) is 22.4 Å². The monoisotopic (exact) mass is 373 g/mol. The van der Waals surface area contributed by atoms with Gasteiger partial charge in [-0.3, -0.25) is 4.79 Å². The van der Waals surface area contributed by atoms with Crippen LogP contribution in [0, 0.1) is 0 Å². The van der Waals surface area contributed by atoms with Crippen molar-refractivity contribution in [3.05, 3.63) is 21.0 Å². The van der Waals surface area contributed by atoms with E-state index < -0.39 is 18.3 Å². The Balaban J connectivity index is 2.95. The van der Waals surface area contributed by atoms with Crippen molar-refractivity contribution >= 4 is 21.6 Å². The third kappa shape index (κ3) is 5.64. The molecule has 0 fully saturated rings. The van der Waals surface area contributed by atoms with Gasteiger partial charge < -0.3 is 15.2 Å². The Hall–Kier alpha value is -1.13. The van der Waals surface area contributed by atoms with Crippen molar-refractivity contribution in [2.75, 3.05) is 25.6 Å². The molecule has 0 aliphatic carbocycles. The molecule has 21 heavy (non-hydrogen) atoms. The van der Waals surface area contributed by atoms with Gasteiger partial charge in [0.1, 0.15) is 11.0 Å². The first kappa shape index (κ1) is 17.9. The number of rotatable bonds is 7. The number of alkyl halides is 3. The largest absolute Gasteiger partial charge is 0.408 e. The molecule has 1 aromatic rings. The quantitative estimate of drug-likeness (QED) is 0.754. The highest BCUT2D eigenvalue weighted by atomic mass is 79.9. The Labute approximate surface area is 127 Å². The fraction of sp³-hybridized carbons (Fsp3) is 0.636. The maximum Gasteiger partial charge on any atom is 0.408 e. The van der Waals surface area contributed by atoms with Gasteiger partial charge in [0.05, 0.1) is 24.5 Å². The number of anilines is 1. The summed E-state index contributed by atoms with van der Waals surface area (Å²) in [6.07, 6.45) is -3.05. The van der Waals surface area contributed by atoms with Crippen LogP contribution in [-0.4, -0.2) is 47.4 Å². The molecule has 0 amide bonds. The van der Waals surface area contributed by atoms with Crippen LogP contribution in [0.2, 0.25) is 0 Å². The highest BCUT2D eigenvalue weighted by molar-refractivity contribution is 9.10. The van der Waals surface area contributed by atoms with Crippen LogP contribution in [0.15, 0.2) is 15.5 Å². The van der Waals surface area contributed by atoms with Crippen LogP contribution in [-0.2, 0) is 11.3 Å². The molecule has 0 spiro atoms. The Morgan fingerprint density at radius 2 is 2.24 bits per heavy atom. The van der Waals surface area contributed by atoms with Gasteiger partial charge in [0.2, 0.25) is 0 Å². The zero-order chi connectivity index (χ0) is 16.0. The molecule has 6 nitrogen and oxygen atoms in total. The number of ether oxygens (including phenoxy) is 1. The minimum atomic E-state index is -4.53. The fourth-order valence-electron chi connectivity index (χ4n) is 1.62. The van der Waals surface area contributed by atoms with Gasteiger partial charge in [0, 0.05) is 13.7 Å². The number of aromatic nitrogens is 2. The molecular weight excluding hydrogens is 359 g/mol. The molecule has 10 heteroatoms. The molecule has 0 aromatic carbocycles. The number of nitrogens with one attached hydrogen (secondary N) is 1. The van der Waals surface area contributed by atoms with E-state index in [4.69, 9.17) is 9.84 Å². The van der Waals surface area contributed by atoms with Crippen LogP contribution in [0.4, 0.5) is 18.9 Å². The van der Waals surface area contributed by atoms with E-state index in [-0.39, 0.29) is 29.4 Å². The Bertz CT molecular complexity index is 516. The molecule has 1 unspecified atom stereocenters. The summed E-state index contributed by atoms with van der Waals surface area (Å²) in [5.41, 5.74) is -0.647. The molecule has 1 heterocycles. The molecule has 1 atom stereocenters. The average Bonchev–Trinajstić information content (AvgIpc) is 2.37. The van der Waals surface area contributed by atoms with Gasteiger partial charge in [-0.1, -0.05) is 0 Å². The van der Waals surface area contributed by atoms with E-state index in [1.165, 1.54) is 7.11 Å². The first-order chi connectivity index (χ1) is 9.78. The number of aliphatic hydroxyl groups excluding tert-OH is 1. The lowest BCUT2D eigenvalue weighted by Gasteiger charge is -2.19. The van der Waals surface area contributed by atoms with Crippen LogP contribution >= 0.6 is 15.9 Å². The van der Waals surface area contributed by atoms with Crippen LogP contribution < -0.4 is 10.9 Å². The molecule has 0 bridgehead atoms. The van der Waals surface area contributed by atoms with Crippen LogP contribution in [0.5, 0.6) is 0 Å². The lowest BCUT2D eigenvalue weighted by molar-refractivity contribution is -0.143. The SMILES string of the molecule is COCC(CCO)Nc1cnn(CC(F)(F)F)c(=O)c1Br. The third-order valence-corrected chi connectivity index (χ3v) is 3.29. The molecule has 1 rings (SSSR count). The summed E-state index contributed by atoms with van der Waals surface area (Å²) < 4.78 is 42.1. The van der Waals surface area contributed by atoms with Crippen molar-refractivity contribution < 1.29 is 23.0 Å². The molecule has 0 saturated carbocycles. The first-order valence-electron chi connectivity index (χ1n) is 5.97. The average molecular weight is 374 g/mol. The van der Waals surface area contributed by atoms with E-state index in [0.29, 0.717) is 11.1 Å². The second-order valence-corrected chi connectivity index (χ2v) is 5.05. The number of methoxy groups -OCH3 is 1. The predicted octanol–water partition coefficient (Wildman–Crippen LogP) is 1.38. The summed E-state index contributed by atoms with van der Waals surface area (Å²) in [6.45, 7) is -1.29. The summed E-state index contributed by atoms with van der Waals surface area (Å²) in [5, 5.41) is 15.3. The number of hydrogen-bond acceptors (Lipinski definition) is 5. The fourth-order valence-corrected chi connectivity index (χ4v) is 2.04. The standard InChI is InChI=1S/C11H15BrF3N3O3/c1-21-5-7(2-3-19)17-8-4-16-18(6-11(13,14)15)10(20)9(8)12/h4,7,17,19H,2-3,5-6H2,1H3. The second kappa shape index (κ2) is 7.76. The van der Waals surface area contributed by atoms with Crippen LogP contribution in [0.1, 0.15) is 6.42 Å². The summed E-state index contributed by atoms with van der Waals surface area (Å²) >= 11 is 2.96. The van der Waals surface area contributed by atoms with E-state index in [1.807, 2.05) is 0 Å². The van der Waals surface area contributed by atoms with Crippen molar-refractivity contribution in [2.45, 2.75) is 25.2 Å². The minimum absolute atomic E-state index is 0.0548. The lowest BCUT2D eigenvalue weighted by Crippen LogP contribution is -2.32. The maximum atomic E-state index is 12.3. The number of halogens is 4. The van der Waals surface area contributed by atoms with E-state index >= 15 is 0 Å². The molecule has 2 N–H and O–H groups in total. The third-order valence-electron chi connectivity index (χ3n) is 2.52. The van der Waals surface area contributed by atoms with Gasteiger partial charge in [-0.25, -0.2) is 4.68 Å². The highest BCUT2D eigenvalue weighted by Gasteiger charge is 2.29. The minimum Gasteiger partial charge on any atom is -0.396 e. The molecule has 0 aliphatic rings. The lowest BCUT2D eigenvalue weighted by atomic mass is 10.2. The van der Waals surface area contributed by atoms with Gasteiger partial charge in [0.15, 0.2) is 0 Å². The van der Waals surface area contributed by atoms with Crippen molar-refractivity contribution in [1.82, 2.24) is 9.78 Å². The van der Waals surface area contributed by atoms with Crippen molar-refractivity contribution in [1.29, 1.82) is 0 Å². The summed E-state index contributed by atoms with van der Waals surface area (Å²) in [7, 11) is 1.47. The van der Waals surface area contributed by atoms with E-state index in [9.17, 15) is 18.0 Å². The van der Waals surface area contributed by atoms with E-state index in [1.54, 1.807) is 0 Å². The first-order valence-corrected chi connectivity index (χ1v) is 6.76. The number of hydrogen-bond donors (Lipinski definition) is 2. The topological polar surface area (TPSA) is 76.4 Å². The zero-order valence-electron chi connectivity index (χ0n) is 11.2. The second-order valence-electron chi connectivity index (χ2n) is 4.26. The molecule has 0 radical (unpaired) electrons. The summed E-state index contributed by atoms with van der Waals surface area (Å²) in [6, 6.07) is -0.295. The van der Waals surface area contributed by atoms with Crippen LogP contribution in [0.25, 0.3) is 0 Å². The van der Waals surface area contributed by atoms with Gasteiger partial charge in [0.25, 0.3) is 5.56 Å². The zero-order valence-corrected chi connectivity index (χ0v) is 12.7. The van der Waals surface area contributed by atoms with Gasteiger partial charge in [-0.2, -0.15) is 18.3 Å². The van der Waals surface area contributed by atoms with Gasteiger partial charge >= 0.3 is 6.18 Å². The molecule has 120 valence electrons. The Kier molecular flexibility index (Phi) is 6.62. The molecule has 0 aliphatic heterocycles. The maximum absolute atomic E-state index is 12.3. The number of nitrogens with zero attached hydrogens (tertiary/aromatic N) is 2. The molecule has 1 aromatic heterocycles. The summed E-state index contributed by atoms with van der Waals surface area (Å²) in [4.78, 5) is 11.8. The van der Waals surface area contributed by atoms with Crippen LogP contribution in [0.3, 0.4) is 0 Å². The van der Waals surface area contributed by atoms with Crippen molar-refractivity contribution in [3.8, 4) is 0 Å². The highest BCUT2D eigenvalue weighted by Crippen LogP contribution is 2.20.